The van der Waals surface area contributed by atoms with Gasteiger partial charge in [0.1, 0.15) is 0 Å². The van der Waals surface area contributed by atoms with Gasteiger partial charge in [0.25, 0.3) is 0 Å². The largest absolute Gasteiger partial charge is 0.383 e. The summed E-state index contributed by atoms with van der Waals surface area (Å²) in [4.78, 5) is 12.6. The second-order valence-corrected chi connectivity index (χ2v) is 5.35. The molecule has 0 fully saturated rings. The highest BCUT2D eigenvalue weighted by Gasteiger charge is 2.07. The van der Waals surface area contributed by atoms with Crippen molar-refractivity contribution < 1.29 is 9.53 Å². The van der Waals surface area contributed by atoms with Crippen LogP contribution in [0.5, 0.6) is 0 Å². The van der Waals surface area contributed by atoms with E-state index in [0.29, 0.717) is 24.5 Å². The highest BCUT2D eigenvalue weighted by atomic mass is 16.5. The van der Waals surface area contributed by atoms with E-state index in [-0.39, 0.29) is 0 Å². The molecule has 0 aliphatic heterocycles. The Morgan fingerprint density at radius 2 is 2.00 bits per heavy atom. The second-order valence-electron chi connectivity index (χ2n) is 5.35. The average molecular weight is 338 g/mol. The van der Waals surface area contributed by atoms with Gasteiger partial charge in [-0.15, -0.1) is 10.2 Å². The lowest BCUT2D eigenvalue weighted by molar-refractivity contribution is 0.100. The van der Waals surface area contributed by atoms with Crippen LogP contribution in [0.4, 0.5) is 11.4 Å². The van der Waals surface area contributed by atoms with Crippen molar-refractivity contribution in [1.82, 2.24) is 20.2 Å². The van der Waals surface area contributed by atoms with Gasteiger partial charge in [-0.1, -0.05) is 12.1 Å². The molecule has 25 heavy (non-hydrogen) atoms. The lowest BCUT2D eigenvalue weighted by atomic mass is 10.1. The molecule has 0 bridgehead atoms. The first-order chi connectivity index (χ1) is 12.2. The predicted octanol–water partition coefficient (Wildman–Crippen LogP) is 1.83. The Morgan fingerprint density at radius 3 is 2.72 bits per heavy atom. The number of hydrogen-bond donors (Lipinski definition) is 2. The minimum Gasteiger partial charge on any atom is -0.383 e. The summed E-state index contributed by atoms with van der Waals surface area (Å²) < 4.78 is 5.00. The lowest BCUT2D eigenvalue weighted by Crippen LogP contribution is -2.10. The number of amides is 1. The molecule has 0 unspecified atom stereocenters. The van der Waals surface area contributed by atoms with Crippen LogP contribution in [-0.2, 0) is 11.3 Å². The Balaban J connectivity index is 1.74. The van der Waals surface area contributed by atoms with Crippen LogP contribution in [0.1, 0.15) is 10.4 Å². The number of tetrazole rings is 1. The second kappa shape index (κ2) is 7.54. The molecule has 3 N–H and O–H groups in total. The molecule has 3 rings (SSSR count). The van der Waals surface area contributed by atoms with Crippen molar-refractivity contribution in [3.63, 3.8) is 0 Å². The zero-order valence-corrected chi connectivity index (χ0v) is 13.7. The van der Waals surface area contributed by atoms with Crippen LogP contribution < -0.4 is 11.1 Å². The Hall–Kier alpha value is -3.26. The van der Waals surface area contributed by atoms with Gasteiger partial charge in [0, 0.05) is 29.6 Å². The third-order valence-electron chi connectivity index (χ3n) is 3.53. The normalized spacial score (nSPS) is 10.6. The number of nitrogens with two attached hydrogens (primary N) is 1. The lowest BCUT2D eigenvalue weighted by Gasteiger charge is -2.07. The van der Waals surface area contributed by atoms with E-state index >= 15 is 0 Å². The van der Waals surface area contributed by atoms with Gasteiger partial charge in [0.15, 0.2) is 0 Å². The third-order valence-corrected chi connectivity index (χ3v) is 3.53. The average Bonchev–Trinajstić information content (AvgIpc) is 3.10. The Bertz CT molecular complexity index is 860. The number of primary amides is 1. The van der Waals surface area contributed by atoms with Gasteiger partial charge < -0.3 is 15.8 Å². The topological polar surface area (TPSA) is 108 Å². The van der Waals surface area contributed by atoms with E-state index in [9.17, 15) is 4.79 Å². The SMILES string of the molecule is COCCn1nnc(-c2cccc(Nc3ccc(C(N)=O)cc3)c2)n1. The fourth-order valence-corrected chi connectivity index (χ4v) is 2.25. The van der Waals surface area contributed by atoms with E-state index in [1.165, 1.54) is 4.80 Å². The van der Waals surface area contributed by atoms with Crippen molar-refractivity contribution in [1.29, 1.82) is 0 Å². The first kappa shape index (κ1) is 16.6. The van der Waals surface area contributed by atoms with Crippen LogP contribution in [0.3, 0.4) is 0 Å². The summed E-state index contributed by atoms with van der Waals surface area (Å²) in [6.07, 6.45) is 0. The number of nitrogens with one attached hydrogen (secondary N) is 1. The number of aromatic nitrogens is 4. The number of anilines is 2. The van der Waals surface area contributed by atoms with Crippen LogP contribution in [0.15, 0.2) is 48.5 Å². The number of ether oxygens (including phenoxy) is 1. The fraction of sp³-hybridized carbons (Fsp3) is 0.176. The van der Waals surface area contributed by atoms with Crippen molar-refractivity contribution in [2.45, 2.75) is 6.54 Å². The molecule has 2 aromatic carbocycles. The van der Waals surface area contributed by atoms with Gasteiger partial charge in [-0.3, -0.25) is 4.79 Å². The molecular weight excluding hydrogens is 320 g/mol. The smallest absolute Gasteiger partial charge is 0.248 e. The molecule has 8 heteroatoms. The molecule has 3 aromatic rings. The van der Waals surface area contributed by atoms with E-state index in [2.05, 4.69) is 20.7 Å². The Kier molecular flexibility index (Phi) is 5.00. The van der Waals surface area contributed by atoms with Gasteiger partial charge in [0.05, 0.1) is 13.2 Å². The molecule has 0 saturated heterocycles. The first-order valence-electron chi connectivity index (χ1n) is 7.70. The molecular formula is C17H18N6O2. The highest BCUT2D eigenvalue weighted by molar-refractivity contribution is 5.93. The summed E-state index contributed by atoms with van der Waals surface area (Å²) in [6, 6.07) is 14.6. The molecule has 8 nitrogen and oxygen atoms in total. The molecule has 1 heterocycles. The molecule has 0 spiro atoms. The Labute approximate surface area is 144 Å². The Morgan fingerprint density at radius 1 is 1.20 bits per heavy atom. The van der Waals surface area contributed by atoms with E-state index in [4.69, 9.17) is 10.5 Å². The molecule has 0 atom stereocenters. The maximum absolute atomic E-state index is 11.1. The van der Waals surface area contributed by atoms with Crippen molar-refractivity contribution in [2.24, 2.45) is 5.73 Å². The maximum Gasteiger partial charge on any atom is 0.248 e. The minimum atomic E-state index is -0.448. The van der Waals surface area contributed by atoms with Crippen LogP contribution in [0.25, 0.3) is 11.4 Å². The van der Waals surface area contributed by atoms with Gasteiger partial charge in [-0.05, 0) is 41.6 Å². The number of methoxy groups -OCH3 is 1. The molecule has 1 aromatic heterocycles. The number of nitrogens with zero attached hydrogens (tertiary/aromatic N) is 4. The van der Waals surface area contributed by atoms with Crippen LogP contribution in [-0.4, -0.2) is 39.8 Å². The van der Waals surface area contributed by atoms with Crippen molar-refractivity contribution in [3.8, 4) is 11.4 Å². The summed E-state index contributed by atoms with van der Waals surface area (Å²) in [5.41, 5.74) is 8.28. The summed E-state index contributed by atoms with van der Waals surface area (Å²) >= 11 is 0. The summed E-state index contributed by atoms with van der Waals surface area (Å²) in [6.45, 7) is 1.08. The quantitative estimate of drug-likeness (QED) is 0.680. The predicted molar refractivity (Wildman–Crippen MR) is 93.4 cm³/mol. The van der Waals surface area contributed by atoms with E-state index < -0.39 is 5.91 Å². The molecule has 1 amide bonds. The molecule has 0 aliphatic carbocycles. The van der Waals surface area contributed by atoms with Crippen LogP contribution in [0.2, 0.25) is 0 Å². The number of carbonyl (C=O) groups excluding carboxylic acids is 1. The molecule has 128 valence electrons. The van der Waals surface area contributed by atoms with Crippen molar-refractivity contribution in [3.05, 3.63) is 54.1 Å². The standard InChI is InChI=1S/C17H18N6O2/c1-25-10-9-23-21-17(20-22-23)13-3-2-4-15(11-13)19-14-7-5-12(6-8-14)16(18)24/h2-8,11,19H,9-10H2,1H3,(H2,18,24). The number of benzene rings is 2. The number of carbonyl (C=O) groups is 1. The van der Waals surface area contributed by atoms with E-state index in [1.807, 2.05) is 24.3 Å². The fourth-order valence-electron chi connectivity index (χ4n) is 2.25. The van der Waals surface area contributed by atoms with E-state index in [0.717, 1.165) is 16.9 Å². The van der Waals surface area contributed by atoms with Crippen molar-refractivity contribution in [2.75, 3.05) is 19.0 Å². The minimum absolute atomic E-state index is 0.448. The van der Waals surface area contributed by atoms with Gasteiger partial charge >= 0.3 is 0 Å². The molecule has 0 radical (unpaired) electrons. The highest BCUT2D eigenvalue weighted by Crippen LogP contribution is 2.22. The van der Waals surface area contributed by atoms with E-state index in [1.54, 1.807) is 31.4 Å². The molecule has 0 saturated carbocycles. The summed E-state index contributed by atoms with van der Waals surface area (Å²) in [5.74, 6) is 0.0972. The third kappa shape index (κ3) is 4.18. The zero-order chi connectivity index (χ0) is 17.6. The zero-order valence-electron chi connectivity index (χ0n) is 13.7. The first-order valence-corrected chi connectivity index (χ1v) is 7.70. The molecule has 0 aliphatic rings. The number of rotatable bonds is 7. The van der Waals surface area contributed by atoms with Crippen molar-refractivity contribution >= 4 is 17.3 Å². The van der Waals surface area contributed by atoms with Gasteiger partial charge in [0.2, 0.25) is 11.7 Å². The maximum atomic E-state index is 11.1. The number of hydrogen-bond acceptors (Lipinski definition) is 6. The monoisotopic (exact) mass is 338 g/mol. The van der Waals surface area contributed by atoms with Gasteiger partial charge in [-0.25, -0.2) is 0 Å². The summed E-state index contributed by atoms with van der Waals surface area (Å²) in [7, 11) is 1.63. The summed E-state index contributed by atoms with van der Waals surface area (Å²) in [5, 5.41) is 15.7. The van der Waals surface area contributed by atoms with Gasteiger partial charge in [-0.2, -0.15) is 4.80 Å². The van der Waals surface area contributed by atoms with Crippen LogP contribution in [0, 0.1) is 0 Å². The van der Waals surface area contributed by atoms with Crippen LogP contribution >= 0.6 is 0 Å².